The predicted octanol–water partition coefficient (Wildman–Crippen LogP) is 2.67. The summed E-state index contributed by atoms with van der Waals surface area (Å²) in [6.07, 6.45) is 0. The molecule has 0 saturated carbocycles. The van der Waals surface area contributed by atoms with Crippen molar-refractivity contribution in [1.29, 1.82) is 0 Å². The molecule has 1 saturated heterocycles. The van der Waals surface area contributed by atoms with Crippen molar-refractivity contribution >= 4 is 22.6 Å². The topological polar surface area (TPSA) is 79.3 Å². The smallest absolute Gasteiger partial charge is 0.260 e. The van der Waals surface area contributed by atoms with Gasteiger partial charge in [-0.2, -0.15) is 0 Å². The van der Waals surface area contributed by atoms with E-state index in [1.165, 1.54) is 12.1 Å². The first-order valence-corrected chi connectivity index (χ1v) is 10.2. The van der Waals surface area contributed by atoms with Gasteiger partial charge in [0, 0.05) is 32.2 Å². The highest BCUT2D eigenvalue weighted by atomic mass is 16.5. The minimum atomic E-state index is -0.150. The van der Waals surface area contributed by atoms with Gasteiger partial charge in [0.15, 0.2) is 13.2 Å². The van der Waals surface area contributed by atoms with Crippen LogP contribution in [0.1, 0.15) is 0 Å². The lowest BCUT2D eigenvalue weighted by Crippen LogP contribution is -2.52. The summed E-state index contributed by atoms with van der Waals surface area (Å²) in [5.74, 6) is 0.931. The minimum Gasteiger partial charge on any atom is -0.508 e. The second-order valence-electron chi connectivity index (χ2n) is 7.35. The third kappa shape index (κ3) is 5.25. The van der Waals surface area contributed by atoms with Crippen LogP contribution in [0.2, 0.25) is 0 Å². The van der Waals surface area contributed by atoms with Crippen LogP contribution in [0.25, 0.3) is 10.8 Å². The molecule has 0 aliphatic carbocycles. The van der Waals surface area contributed by atoms with Crippen molar-refractivity contribution in [2.24, 2.45) is 0 Å². The van der Waals surface area contributed by atoms with Crippen LogP contribution >= 0.6 is 0 Å². The van der Waals surface area contributed by atoms with Crippen LogP contribution in [0.5, 0.6) is 17.2 Å². The number of rotatable bonds is 6. The largest absolute Gasteiger partial charge is 0.508 e. The van der Waals surface area contributed by atoms with Gasteiger partial charge in [0.1, 0.15) is 17.2 Å². The average Bonchev–Trinajstić information content (AvgIpc) is 2.81. The first-order chi connectivity index (χ1) is 15.1. The van der Waals surface area contributed by atoms with Crippen LogP contribution in [0.3, 0.4) is 0 Å². The number of fused-ring (bicyclic) bond motifs is 1. The highest BCUT2D eigenvalue weighted by Gasteiger charge is 2.24. The Balaban J connectivity index is 1.22. The average molecular weight is 420 g/mol. The van der Waals surface area contributed by atoms with Gasteiger partial charge in [0.25, 0.3) is 11.8 Å². The normalized spacial score (nSPS) is 13.8. The number of phenolic OH excluding ortho intramolecular Hbond substituents is 1. The van der Waals surface area contributed by atoms with Gasteiger partial charge in [-0.3, -0.25) is 9.59 Å². The summed E-state index contributed by atoms with van der Waals surface area (Å²) in [7, 11) is 0. The van der Waals surface area contributed by atoms with E-state index in [-0.39, 0.29) is 30.8 Å². The van der Waals surface area contributed by atoms with Crippen molar-refractivity contribution in [3.8, 4) is 17.2 Å². The zero-order valence-corrected chi connectivity index (χ0v) is 17.1. The zero-order chi connectivity index (χ0) is 21.6. The number of ether oxygens (including phenoxy) is 2. The predicted molar refractivity (Wildman–Crippen MR) is 116 cm³/mol. The lowest BCUT2D eigenvalue weighted by molar-refractivity contribution is -0.141. The number of amides is 2. The van der Waals surface area contributed by atoms with Crippen molar-refractivity contribution in [3.63, 3.8) is 0 Å². The Bertz CT molecular complexity index is 1080. The van der Waals surface area contributed by atoms with Gasteiger partial charge in [-0.1, -0.05) is 36.4 Å². The molecule has 1 N–H and O–H groups in total. The van der Waals surface area contributed by atoms with Crippen molar-refractivity contribution < 1.29 is 24.2 Å². The monoisotopic (exact) mass is 420 g/mol. The minimum absolute atomic E-state index is 0.0348. The summed E-state index contributed by atoms with van der Waals surface area (Å²) >= 11 is 0. The number of hydrogen-bond donors (Lipinski definition) is 1. The standard InChI is InChI=1S/C24H24N2O5/c27-20-6-3-7-21(15-20)30-16-23(28)25-10-12-26(13-11-25)24(29)17-31-22-9-8-18-4-1-2-5-19(18)14-22/h1-9,14-15,27H,10-13,16-17H2. The molecule has 0 bridgehead atoms. The van der Waals surface area contributed by atoms with E-state index >= 15 is 0 Å². The third-order valence-corrected chi connectivity index (χ3v) is 5.25. The molecule has 2 amide bonds. The van der Waals surface area contributed by atoms with E-state index in [0.29, 0.717) is 37.7 Å². The quantitative estimate of drug-likeness (QED) is 0.663. The molecule has 0 radical (unpaired) electrons. The highest BCUT2D eigenvalue weighted by molar-refractivity contribution is 5.84. The van der Waals surface area contributed by atoms with Gasteiger partial charge in [-0.25, -0.2) is 0 Å². The Morgan fingerprint density at radius 1 is 0.710 bits per heavy atom. The fourth-order valence-corrected chi connectivity index (χ4v) is 3.51. The van der Waals surface area contributed by atoms with Gasteiger partial charge in [-0.05, 0) is 35.0 Å². The molecule has 1 heterocycles. The summed E-state index contributed by atoms with van der Waals surface area (Å²) in [5, 5.41) is 11.6. The first-order valence-electron chi connectivity index (χ1n) is 10.2. The van der Waals surface area contributed by atoms with E-state index in [2.05, 4.69) is 0 Å². The summed E-state index contributed by atoms with van der Waals surface area (Å²) in [4.78, 5) is 28.3. The molecule has 4 rings (SSSR count). The van der Waals surface area contributed by atoms with Crippen molar-refractivity contribution in [2.75, 3.05) is 39.4 Å². The number of carbonyl (C=O) groups excluding carboxylic acids is 2. The Morgan fingerprint density at radius 3 is 1.90 bits per heavy atom. The Morgan fingerprint density at radius 2 is 1.29 bits per heavy atom. The Hall–Kier alpha value is -3.74. The second-order valence-corrected chi connectivity index (χ2v) is 7.35. The molecule has 3 aromatic carbocycles. The first kappa shape index (κ1) is 20.5. The molecule has 0 aromatic heterocycles. The van der Waals surface area contributed by atoms with E-state index in [1.807, 2.05) is 42.5 Å². The van der Waals surface area contributed by atoms with Crippen LogP contribution in [0.15, 0.2) is 66.7 Å². The van der Waals surface area contributed by atoms with Gasteiger partial charge in [0.2, 0.25) is 0 Å². The maximum atomic E-state index is 12.5. The molecule has 0 atom stereocenters. The number of hydrogen-bond acceptors (Lipinski definition) is 5. The van der Waals surface area contributed by atoms with E-state index in [1.54, 1.807) is 21.9 Å². The fourth-order valence-electron chi connectivity index (χ4n) is 3.51. The maximum Gasteiger partial charge on any atom is 0.260 e. The van der Waals surface area contributed by atoms with Crippen molar-refractivity contribution in [2.45, 2.75) is 0 Å². The van der Waals surface area contributed by atoms with Crippen LogP contribution in [0.4, 0.5) is 0 Å². The lowest BCUT2D eigenvalue weighted by Gasteiger charge is -2.34. The van der Waals surface area contributed by atoms with Crippen LogP contribution in [0, 0.1) is 0 Å². The van der Waals surface area contributed by atoms with E-state index in [9.17, 15) is 14.7 Å². The number of benzene rings is 3. The maximum absolute atomic E-state index is 12.5. The highest BCUT2D eigenvalue weighted by Crippen LogP contribution is 2.21. The molecule has 1 aliphatic heterocycles. The molecule has 0 unspecified atom stereocenters. The third-order valence-electron chi connectivity index (χ3n) is 5.25. The number of piperazine rings is 1. The SMILES string of the molecule is O=C(COc1cccc(O)c1)N1CCN(C(=O)COc2ccc3ccccc3c2)CC1. The number of aromatic hydroxyl groups is 1. The van der Waals surface area contributed by atoms with E-state index in [4.69, 9.17) is 9.47 Å². The summed E-state index contributed by atoms with van der Waals surface area (Å²) in [6.45, 7) is 1.67. The van der Waals surface area contributed by atoms with Crippen molar-refractivity contribution in [3.05, 3.63) is 66.7 Å². The molecular formula is C24H24N2O5. The van der Waals surface area contributed by atoms with E-state index < -0.39 is 0 Å². The molecule has 31 heavy (non-hydrogen) atoms. The number of phenols is 1. The molecule has 7 heteroatoms. The molecule has 1 aliphatic rings. The molecular weight excluding hydrogens is 396 g/mol. The molecule has 3 aromatic rings. The van der Waals surface area contributed by atoms with E-state index in [0.717, 1.165) is 10.8 Å². The summed E-state index contributed by atoms with van der Waals surface area (Å²) in [6, 6.07) is 20.1. The lowest BCUT2D eigenvalue weighted by atomic mass is 10.1. The molecule has 7 nitrogen and oxygen atoms in total. The summed E-state index contributed by atoms with van der Waals surface area (Å²) in [5.41, 5.74) is 0. The Kier molecular flexibility index (Phi) is 6.21. The second kappa shape index (κ2) is 9.38. The zero-order valence-electron chi connectivity index (χ0n) is 17.1. The molecule has 160 valence electrons. The number of carbonyl (C=O) groups is 2. The van der Waals surface area contributed by atoms with Gasteiger partial charge < -0.3 is 24.4 Å². The molecule has 1 fully saturated rings. The summed E-state index contributed by atoms with van der Waals surface area (Å²) < 4.78 is 11.1. The van der Waals surface area contributed by atoms with Crippen LogP contribution in [-0.4, -0.2) is 66.1 Å². The van der Waals surface area contributed by atoms with Crippen LogP contribution in [-0.2, 0) is 9.59 Å². The van der Waals surface area contributed by atoms with Crippen molar-refractivity contribution in [1.82, 2.24) is 9.80 Å². The Labute approximate surface area is 180 Å². The fraction of sp³-hybridized carbons (Fsp3) is 0.250. The number of nitrogens with zero attached hydrogens (tertiary/aromatic N) is 2. The van der Waals surface area contributed by atoms with Gasteiger partial charge in [0.05, 0.1) is 0 Å². The van der Waals surface area contributed by atoms with Crippen LogP contribution < -0.4 is 9.47 Å². The van der Waals surface area contributed by atoms with Gasteiger partial charge in [-0.15, -0.1) is 0 Å². The molecule has 0 spiro atoms. The van der Waals surface area contributed by atoms with Gasteiger partial charge >= 0.3 is 0 Å².